The van der Waals surface area contributed by atoms with Crippen LogP contribution in [0.5, 0.6) is 11.5 Å². The number of fused-ring (bicyclic) bond motifs is 11. The summed E-state index contributed by atoms with van der Waals surface area (Å²) in [6.07, 6.45) is 4.43. The van der Waals surface area contributed by atoms with Gasteiger partial charge in [0.1, 0.15) is 11.5 Å². The molecule has 0 unspecified atom stereocenters. The quantitative estimate of drug-likeness (QED) is 0.166. The van der Waals surface area contributed by atoms with Crippen molar-refractivity contribution in [1.82, 2.24) is 0 Å². The molecule has 0 fully saturated rings. The second-order valence-electron chi connectivity index (χ2n) is 17.2. The van der Waals surface area contributed by atoms with Gasteiger partial charge in [-0.2, -0.15) is 0 Å². The minimum atomic E-state index is -0.569. The first-order valence-corrected chi connectivity index (χ1v) is 22.7. The second-order valence-corrected chi connectivity index (χ2v) is 17.2. The molecule has 3 aliphatic rings. The molecule has 0 N–H and O–H groups in total. The smallest absolute Gasteiger partial charge is 0.132 e. The third-order valence-corrected chi connectivity index (χ3v) is 13.7. The standard InChI is InChI=1S/C63H42N2O/c1-2-14-43(15-3-1)44-28-34-49(35-29-44)64(50-36-30-45(31-37-50)46-32-38-51(39-33-46)65-59-22-10-4-16-47(59)26-27-48-17-5-11-23-60(48)65)52-40-41-54-53-18-6-7-19-55(53)63(58(54)42-52)56-20-8-12-24-61(56)66-62-25-13-9-21-57(62)63/h1-42H. The van der Waals surface area contributed by atoms with Gasteiger partial charge in [0.25, 0.3) is 0 Å². The van der Waals surface area contributed by atoms with E-state index in [2.05, 4.69) is 265 Å². The van der Waals surface area contributed by atoms with Gasteiger partial charge in [-0.05, 0) is 128 Å². The summed E-state index contributed by atoms with van der Waals surface area (Å²) in [7, 11) is 0. The Balaban J connectivity index is 0.927. The van der Waals surface area contributed by atoms with Crippen molar-refractivity contribution in [1.29, 1.82) is 0 Å². The maximum absolute atomic E-state index is 6.66. The fourth-order valence-corrected chi connectivity index (χ4v) is 10.7. The predicted octanol–water partition coefficient (Wildman–Crippen LogP) is 16.9. The lowest BCUT2D eigenvalue weighted by molar-refractivity contribution is 0.436. The predicted molar refractivity (Wildman–Crippen MR) is 273 cm³/mol. The van der Waals surface area contributed by atoms with E-state index in [0.717, 1.165) is 56.5 Å². The zero-order valence-electron chi connectivity index (χ0n) is 36.1. The number of rotatable bonds is 6. The fraction of sp³-hybridized carbons (Fsp3) is 0.0159. The first kappa shape index (κ1) is 37.9. The maximum atomic E-state index is 6.66. The average Bonchev–Trinajstić information content (AvgIpc) is 3.55. The molecule has 3 nitrogen and oxygen atoms in total. The SMILES string of the molecule is C1=Cc2ccccc2N(c2ccc(-c3ccc(N(c4ccc(-c5ccccc5)cc4)c4ccc5c(c4)C4(c6ccccc6Oc6ccccc64)c4ccccc4-5)cc3)cc2)c2ccccc21. The van der Waals surface area contributed by atoms with Crippen molar-refractivity contribution >= 4 is 46.3 Å². The van der Waals surface area contributed by atoms with Crippen LogP contribution in [0.15, 0.2) is 243 Å². The van der Waals surface area contributed by atoms with Gasteiger partial charge in [0.2, 0.25) is 0 Å². The van der Waals surface area contributed by atoms with Gasteiger partial charge in [-0.1, -0.05) is 182 Å². The number of benzene rings is 10. The van der Waals surface area contributed by atoms with Crippen molar-refractivity contribution in [2.45, 2.75) is 5.41 Å². The van der Waals surface area contributed by atoms with E-state index in [1.54, 1.807) is 0 Å². The monoisotopic (exact) mass is 842 g/mol. The molecule has 2 heterocycles. The van der Waals surface area contributed by atoms with E-state index in [9.17, 15) is 0 Å². The van der Waals surface area contributed by atoms with Gasteiger partial charge >= 0.3 is 0 Å². The molecule has 10 aromatic carbocycles. The molecule has 310 valence electrons. The molecule has 0 saturated carbocycles. The first-order valence-electron chi connectivity index (χ1n) is 22.7. The molecule has 0 saturated heterocycles. The topological polar surface area (TPSA) is 15.7 Å². The summed E-state index contributed by atoms with van der Waals surface area (Å²) in [4.78, 5) is 4.77. The highest BCUT2D eigenvalue weighted by Crippen LogP contribution is 2.62. The van der Waals surface area contributed by atoms with Gasteiger partial charge in [0.15, 0.2) is 0 Å². The molecule has 10 aromatic rings. The Hall–Kier alpha value is -8.66. The van der Waals surface area contributed by atoms with Crippen LogP contribution in [0.2, 0.25) is 0 Å². The van der Waals surface area contributed by atoms with Crippen LogP contribution in [0.4, 0.5) is 34.1 Å². The molecule has 3 heteroatoms. The Bertz CT molecular complexity index is 3400. The summed E-state index contributed by atoms with van der Waals surface area (Å²) in [5, 5.41) is 0. The van der Waals surface area contributed by atoms with Crippen LogP contribution >= 0.6 is 0 Å². The minimum absolute atomic E-state index is 0.569. The van der Waals surface area contributed by atoms with E-state index in [1.807, 2.05) is 0 Å². The Labute approximate surface area is 385 Å². The Kier molecular flexibility index (Phi) is 8.75. The van der Waals surface area contributed by atoms with E-state index < -0.39 is 5.41 Å². The molecule has 13 rings (SSSR count). The minimum Gasteiger partial charge on any atom is -0.457 e. The molecule has 0 radical (unpaired) electrons. The molecule has 1 spiro atoms. The lowest BCUT2D eigenvalue weighted by Crippen LogP contribution is -2.32. The molecule has 66 heavy (non-hydrogen) atoms. The van der Waals surface area contributed by atoms with Gasteiger partial charge in [-0.25, -0.2) is 0 Å². The highest BCUT2D eigenvalue weighted by atomic mass is 16.5. The lowest BCUT2D eigenvalue weighted by Gasteiger charge is -2.39. The van der Waals surface area contributed by atoms with Gasteiger partial charge in [-0.3, -0.25) is 0 Å². The van der Waals surface area contributed by atoms with Crippen LogP contribution in [0.3, 0.4) is 0 Å². The third-order valence-electron chi connectivity index (χ3n) is 13.7. The van der Waals surface area contributed by atoms with Crippen LogP contribution in [0.1, 0.15) is 33.4 Å². The summed E-state index contributed by atoms with van der Waals surface area (Å²) in [5.74, 6) is 1.78. The van der Waals surface area contributed by atoms with Crippen molar-refractivity contribution in [2.24, 2.45) is 0 Å². The van der Waals surface area contributed by atoms with Crippen LogP contribution in [0, 0.1) is 0 Å². The van der Waals surface area contributed by atoms with Gasteiger partial charge in [-0.15, -0.1) is 0 Å². The highest BCUT2D eigenvalue weighted by Gasteiger charge is 2.51. The van der Waals surface area contributed by atoms with E-state index in [4.69, 9.17) is 4.74 Å². The van der Waals surface area contributed by atoms with Crippen molar-refractivity contribution in [3.63, 3.8) is 0 Å². The average molecular weight is 843 g/mol. The number of hydrogen-bond donors (Lipinski definition) is 0. The zero-order chi connectivity index (χ0) is 43.6. The summed E-state index contributed by atoms with van der Waals surface area (Å²) < 4.78 is 6.66. The van der Waals surface area contributed by atoms with Crippen molar-refractivity contribution in [2.75, 3.05) is 9.80 Å². The van der Waals surface area contributed by atoms with Gasteiger partial charge in [0.05, 0.1) is 16.8 Å². The normalized spacial score (nSPS) is 13.3. The lowest BCUT2D eigenvalue weighted by atomic mass is 9.66. The fourth-order valence-electron chi connectivity index (χ4n) is 10.7. The molecular weight excluding hydrogens is 801 g/mol. The Morgan fingerprint density at radius 2 is 0.773 bits per heavy atom. The Morgan fingerprint density at radius 3 is 1.36 bits per heavy atom. The maximum Gasteiger partial charge on any atom is 0.132 e. The van der Waals surface area contributed by atoms with Gasteiger partial charge in [0, 0.05) is 33.9 Å². The summed E-state index contributed by atoms with van der Waals surface area (Å²) in [5.41, 5.74) is 20.5. The van der Waals surface area contributed by atoms with Crippen LogP contribution in [-0.2, 0) is 5.41 Å². The molecule has 2 aliphatic heterocycles. The van der Waals surface area contributed by atoms with Crippen LogP contribution in [0.25, 0.3) is 45.5 Å². The van der Waals surface area contributed by atoms with E-state index in [1.165, 1.54) is 55.9 Å². The molecule has 0 amide bonds. The Morgan fingerprint density at radius 1 is 0.333 bits per heavy atom. The molecular formula is C63H42N2O. The number of anilines is 6. The van der Waals surface area contributed by atoms with E-state index >= 15 is 0 Å². The summed E-state index contributed by atoms with van der Waals surface area (Å²) in [6, 6.07) is 87.9. The van der Waals surface area contributed by atoms with E-state index in [0.29, 0.717) is 0 Å². The highest BCUT2D eigenvalue weighted by molar-refractivity contribution is 5.94. The third kappa shape index (κ3) is 5.91. The number of hydrogen-bond acceptors (Lipinski definition) is 3. The van der Waals surface area contributed by atoms with E-state index in [-0.39, 0.29) is 0 Å². The second kappa shape index (κ2) is 15.3. The summed E-state index contributed by atoms with van der Waals surface area (Å²) in [6.45, 7) is 0. The van der Waals surface area contributed by atoms with Crippen molar-refractivity contribution in [3.8, 4) is 44.9 Å². The number of ether oxygens (including phenoxy) is 1. The largest absolute Gasteiger partial charge is 0.457 e. The van der Waals surface area contributed by atoms with Crippen LogP contribution in [-0.4, -0.2) is 0 Å². The van der Waals surface area contributed by atoms with Crippen LogP contribution < -0.4 is 14.5 Å². The van der Waals surface area contributed by atoms with Crippen molar-refractivity contribution < 1.29 is 4.74 Å². The molecule has 1 aliphatic carbocycles. The van der Waals surface area contributed by atoms with Crippen molar-refractivity contribution in [3.05, 3.63) is 276 Å². The number of nitrogens with zero attached hydrogens (tertiary/aromatic N) is 2. The molecule has 0 bridgehead atoms. The molecule has 0 atom stereocenters. The number of para-hydroxylation sites is 4. The first-order chi connectivity index (χ1) is 32.7. The molecule has 0 aromatic heterocycles. The summed E-state index contributed by atoms with van der Waals surface area (Å²) >= 11 is 0. The van der Waals surface area contributed by atoms with Gasteiger partial charge < -0.3 is 14.5 Å². The zero-order valence-corrected chi connectivity index (χ0v) is 36.1.